The molecule has 0 saturated heterocycles. The number of allylic oxidation sites excluding steroid dienone is 1. The lowest BCUT2D eigenvalue weighted by Crippen LogP contribution is -2.14. The molecule has 0 aliphatic heterocycles. The second kappa shape index (κ2) is 13.4. The summed E-state index contributed by atoms with van der Waals surface area (Å²) >= 11 is 0. The molecule has 2 rings (SSSR count). The molecule has 1 aromatic carbocycles. The molecule has 0 spiro atoms. The van der Waals surface area contributed by atoms with Gasteiger partial charge in [-0.25, -0.2) is 0 Å². The molecule has 1 heterocycles. The van der Waals surface area contributed by atoms with Crippen LogP contribution in [0, 0.1) is 0 Å². The van der Waals surface area contributed by atoms with Gasteiger partial charge in [-0.2, -0.15) is 0 Å². The molecule has 2 aromatic rings. The van der Waals surface area contributed by atoms with Crippen molar-refractivity contribution in [2.75, 3.05) is 6.54 Å². The van der Waals surface area contributed by atoms with Crippen molar-refractivity contribution >= 4 is 6.08 Å². The Hall–Kier alpha value is -1.93. The summed E-state index contributed by atoms with van der Waals surface area (Å²) in [7, 11) is 0. The Labute approximate surface area is 153 Å². The minimum Gasteiger partial charge on any atom is -0.313 e. The maximum atomic E-state index is 4.12. The molecule has 0 bridgehead atoms. The first kappa shape index (κ1) is 19.4. The number of hydrogen-bond acceptors (Lipinski definition) is 2. The summed E-state index contributed by atoms with van der Waals surface area (Å²) in [6.45, 7) is 2.13. The van der Waals surface area contributed by atoms with Crippen LogP contribution in [0.25, 0.3) is 6.08 Å². The van der Waals surface area contributed by atoms with Crippen LogP contribution in [0.15, 0.2) is 60.9 Å². The molecule has 0 saturated carbocycles. The van der Waals surface area contributed by atoms with Crippen LogP contribution in [0.5, 0.6) is 0 Å². The summed E-state index contributed by atoms with van der Waals surface area (Å²) in [5.74, 6) is 0. The molecule has 0 fully saturated rings. The molecule has 2 nitrogen and oxygen atoms in total. The van der Waals surface area contributed by atoms with Crippen molar-refractivity contribution in [1.82, 2.24) is 10.3 Å². The van der Waals surface area contributed by atoms with Gasteiger partial charge in [0, 0.05) is 18.9 Å². The molecule has 0 aliphatic rings. The van der Waals surface area contributed by atoms with Gasteiger partial charge in [-0.15, -0.1) is 0 Å². The lowest BCUT2D eigenvalue weighted by molar-refractivity contribution is 0.558. The van der Waals surface area contributed by atoms with Gasteiger partial charge in [0.15, 0.2) is 0 Å². The molecule has 25 heavy (non-hydrogen) atoms. The Morgan fingerprint density at radius 2 is 1.56 bits per heavy atom. The number of nitrogens with zero attached hydrogens (tertiary/aromatic N) is 1. The van der Waals surface area contributed by atoms with Gasteiger partial charge >= 0.3 is 0 Å². The second-order valence-corrected chi connectivity index (χ2v) is 6.61. The molecule has 0 atom stereocenters. The van der Waals surface area contributed by atoms with E-state index in [1.54, 1.807) is 0 Å². The minimum absolute atomic E-state index is 0.993. The first-order chi connectivity index (χ1) is 12.4. The normalized spacial score (nSPS) is 11.2. The maximum Gasteiger partial charge on any atom is 0.0340 e. The maximum absolute atomic E-state index is 4.12. The number of hydrogen-bond donors (Lipinski definition) is 1. The topological polar surface area (TPSA) is 24.9 Å². The molecule has 0 amide bonds. The summed E-state index contributed by atoms with van der Waals surface area (Å²) < 4.78 is 0. The molecule has 134 valence electrons. The lowest BCUT2D eigenvalue weighted by atomic mass is 10.1. The zero-order chi connectivity index (χ0) is 17.4. The fourth-order valence-corrected chi connectivity index (χ4v) is 2.92. The Kier molecular flexibility index (Phi) is 10.4. The van der Waals surface area contributed by atoms with Crippen molar-refractivity contribution in [1.29, 1.82) is 0 Å². The second-order valence-electron chi connectivity index (χ2n) is 6.61. The van der Waals surface area contributed by atoms with Gasteiger partial charge in [-0.3, -0.25) is 4.98 Å². The van der Waals surface area contributed by atoms with Crippen molar-refractivity contribution in [3.05, 3.63) is 72.1 Å². The van der Waals surface area contributed by atoms with Crippen molar-refractivity contribution in [2.45, 2.75) is 57.9 Å². The highest BCUT2D eigenvalue weighted by atomic mass is 14.8. The molecule has 0 unspecified atom stereocenters. The van der Waals surface area contributed by atoms with Crippen LogP contribution in [0.1, 0.15) is 62.5 Å². The van der Waals surface area contributed by atoms with Gasteiger partial charge < -0.3 is 5.32 Å². The van der Waals surface area contributed by atoms with Gasteiger partial charge in [0.1, 0.15) is 0 Å². The minimum atomic E-state index is 0.993. The van der Waals surface area contributed by atoms with Gasteiger partial charge in [-0.05, 0) is 43.0 Å². The van der Waals surface area contributed by atoms with Crippen LogP contribution >= 0.6 is 0 Å². The van der Waals surface area contributed by atoms with Crippen molar-refractivity contribution in [3.63, 3.8) is 0 Å². The average molecular weight is 337 g/mol. The first-order valence-electron chi connectivity index (χ1n) is 9.76. The largest absolute Gasteiger partial charge is 0.313 e. The third kappa shape index (κ3) is 9.83. The lowest BCUT2D eigenvalue weighted by Gasteiger charge is -2.05. The number of unbranched alkanes of at least 4 members (excludes halogenated alkanes) is 7. The zero-order valence-corrected chi connectivity index (χ0v) is 15.4. The van der Waals surface area contributed by atoms with Crippen LogP contribution in [0.4, 0.5) is 0 Å². The number of nitrogens with one attached hydrogen (secondary N) is 1. The Balaban J connectivity index is 1.34. The van der Waals surface area contributed by atoms with Crippen LogP contribution in [-0.4, -0.2) is 11.5 Å². The van der Waals surface area contributed by atoms with E-state index in [2.05, 4.69) is 58.9 Å². The fraction of sp³-hybridized carbons (Fsp3) is 0.435. The van der Waals surface area contributed by atoms with Crippen molar-refractivity contribution in [3.8, 4) is 0 Å². The SMILES string of the molecule is C(=C\c1cccnc1)/CCCCCCCCCNCc1ccccc1. The van der Waals surface area contributed by atoms with Crippen molar-refractivity contribution < 1.29 is 0 Å². The van der Waals surface area contributed by atoms with Crippen molar-refractivity contribution in [2.24, 2.45) is 0 Å². The van der Waals surface area contributed by atoms with E-state index in [9.17, 15) is 0 Å². The summed E-state index contributed by atoms with van der Waals surface area (Å²) in [6, 6.07) is 14.7. The summed E-state index contributed by atoms with van der Waals surface area (Å²) in [5, 5.41) is 3.53. The van der Waals surface area contributed by atoms with E-state index in [1.165, 1.54) is 62.5 Å². The van der Waals surface area contributed by atoms with Crippen LogP contribution in [0.2, 0.25) is 0 Å². The molecule has 1 N–H and O–H groups in total. The highest BCUT2D eigenvalue weighted by Gasteiger charge is 1.93. The zero-order valence-electron chi connectivity index (χ0n) is 15.4. The van der Waals surface area contributed by atoms with E-state index in [1.807, 2.05) is 18.5 Å². The monoisotopic (exact) mass is 336 g/mol. The third-order valence-electron chi connectivity index (χ3n) is 4.39. The molecule has 0 radical (unpaired) electrons. The fourth-order valence-electron chi connectivity index (χ4n) is 2.92. The number of benzene rings is 1. The van der Waals surface area contributed by atoms with E-state index in [-0.39, 0.29) is 0 Å². The molecule has 1 aromatic heterocycles. The first-order valence-corrected chi connectivity index (χ1v) is 9.76. The van der Waals surface area contributed by atoms with E-state index < -0.39 is 0 Å². The summed E-state index contributed by atoms with van der Waals surface area (Å²) in [4.78, 5) is 4.12. The average Bonchev–Trinajstić information content (AvgIpc) is 2.67. The smallest absolute Gasteiger partial charge is 0.0340 e. The van der Waals surface area contributed by atoms with Gasteiger partial charge in [0.2, 0.25) is 0 Å². The number of pyridine rings is 1. The van der Waals surface area contributed by atoms with Crippen LogP contribution in [0.3, 0.4) is 0 Å². The number of rotatable bonds is 13. The van der Waals surface area contributed by atoms with E-state index in [0.717, 1.165) is 13.1 Å². The molecule has 2 heteroatoms. The predicted molar refractivity (Wildman–Crippen MR) is 108 cm³/mol. The Morgan fingerprint density at radius 1 is 0.800 bits per heavy atom. The van der Waals surface area contributed by atoms with Crippen LogP contribution < -0.4 is 5.32 Å². The predicted octanol–water partition coefficient (Wildman–Crippen LogP) is 6.01. The summed E-state index contributed by atoms with van der Waals surface area (Å²) in [6.07, 6.45) is 18.8. The van der Waals surface area contributed by atoms with Gasteiger partial charge in [0.25, 0.3) is 0 Å². The van der Waals surface area contributed by atoms with Gasteiger partial charge in [0.05, 0.1) is 0 Å². The molecule has 0 aliphatic carbocycles. The molecular formula is C23H32N2. The third-order valence-corrected chi connectivity index (χ3v) is 4.39. The van der Waals surface area contributed by atoms with E-state index in [0.29, 0.717) is 0 Å². The van der Waals surface area contributed by atoms with E-state index >= 15 is 0 Å². The van der Waals surface area contributed by atoms with Gasteiger partial charge in [-0.1, -0.05) is 80.7 Å². The van der Waals surface area contributed by atoms with Crippen LogP contribution in [-0.2, 0) is 6.54 Å². The highest BCUT2D eigenvalue weighted by Crippen LogP contribution is 2.09. The Morgan fingerprint density at radius 3 is 2.32 bits per heavy atom. The summed E-state index contributed by atoms with van der Waals surface area (Å²) in [5.41, 5.74) is 2.57. The quantitative estimate of drug-likeness (QED) is 0.453. The Bertz CT molecular complexity index is 563. The number of aromatic nitrogens is 1. The highest BCUT2D eigenvalue weighted by molar-refractivity contribution is 5.47. The standard InChI is InChI=1S/C23H32N2/c1(2-4-6-9-14-23-17-13-19-25-21-23)3-5-7-12-18-24-20-22-15-10-8-11-16-22/h8-11,13-17,19,21,24H,1-7,12,18,20H2/b14-9+. The molecular weight excluding hydrogens is 304 g/mol. The van der Waals surface area contributed by atoms with E-state index in [4.69, 9.17) is 0 Å².